The Hall–Kier alpha value is -3.74. The van der Waals surface area contributed by atoms with Gasteiger partial charge in [-0.2, -0.15) is 26.3 Å². The summed E-state index contributed by atoms with van der Waals surface area (Å²) in [5.74, 6) is 5.93. The predicted molar refractivity (Wildman–Crippen MR) is 122 cm³/mol. The lowest BCUT2D eigenvalue weighted by molar-refractivity contribution is -0.143. The highest BCUT2D eigenvalue weighted by Crippen LogP contribution is 2.36. The van der Waals surface area contributed by atoms with E-state index in [-0.39, 0.29) is 18.2 Å². The van der Waals surface area contributed by atoms with Gasteiger partial charge < -0.3 is 4.74 Å². The fourth-order valence-electron chi connectivity index (χ4n) is 3.51. The summed E-state index contributed by atoms with van der Waals surface area (Å²) in [5.41, 5.74) is -1.79. The van der Waals surface area contributed by atoms with Crippen molar-refractivity contribution in [3.63, 3.8) is 0 Å². The Morgan fingerprint density at radius 3 is 2.19 bits per heavy atom. The first-order chi connectivity index (χ1) is 16.9. The minimum atomic E-state index is -5.00. The number of unbranched alkanes of at least 4 members (excludes halogenated alkanes) is 1. The second-order valence-electron chi connectivity index (χ2n) is 7.98. The van der Waals surface area contributed by atoms with E-state index in [1.807, 2.05) is 6.92 Å². The molecule has 1 amide bonds. The number of para-hydroxylation sites is 1. The van der Waals surface area contributed by atoms with E-state index in [9.17, 15) is 31.1 Å². The number of carbonyl (C=O) groups excluding carboxylic acids is 1. The lowest BCUT2D eigenvalue weighted by Crippen LogP contribution is -2.30. The Bertz CT molecular complexity index is 1270. The fourth-order valence-corrected chi connectivity index (χ4v) is 3.51. The molecule has 0 aliphatic rings. The van der Waals surface area contributed by atoms with Crippen molar-refractivity contribution < 1.29 is 35.9 Å². The molecule has 1 heterocycles. The summed E-state index contributed by atoms with van der Waals surface area (Å²) >= 11 is 0. The quantitative estimate of drug-likeness (QED) is 0.271. The van der Waals surface area contributed by atoms with E-state index in [4.69, 9.17) is 4.74 Å². The predicted octanol–water partition coefficient (Wildman–Crippen LogP) is 7.19. The molecule has 10 heteroatoms. The maximum atomic E-state index is 13.3. The molecule has 0 saturated heterocycles. The van der Waals surface area contributed by atoms with Crippen molar-refractivity contribution >= 4 is 17.0 Å². The van der Waals surface area contributed by atoms with Gasteiger partial charge in [-0.15, -0.1) is 0 Å². The molecule has 0 fully saturated rings. The third kappa shape index (κ3) is 6.68. The van der Waals surface area contributed by atoms with Gasteiger partial charge in [0.1, 0.15) is 5.69 Å². The van der Waals surface area contributed by atoms with E-state index in [1.165, 1.54) is 0 Å². The van der Waals surface area contributed by atoms with Crippen molar-refractivity contribution in [3.8, 4) is 11.8 Å². The number of hydrogen-bond donors (Lipinski definition) is 0. The Morgan fingerprint density at radius 1 is 0.972 bits per heavy atom. The average Bonchev–Trinajstić information content (AvgIpc) is 2.82. The third-order valence-corrected chi connectivity index (χ3v) is 5.20. The molecule has 0 spiro atoms. The molecule has 3 aromatic rings. The summed E-state index contributed by atoms with van der Waals surface area (Å²) in [4.78, 5) is 18.1. The van der Waals surface area contributed by atoms with E-state index in [0.717, 1.165) is 23.8 Å². The number of rotatable bonds is 5. The smallest absolute Gasteiger partial charge is 0.416 e. The zero-order valence-electron chi connectivity index (χ0n) is 19.4. The van der Waals surface area contributed by atoms with Gasteiger partial charge in [-0.25, -0.2) is 9.78 Å². The van der Waals surface area contributed by atoms with Crippen LogP contribution in [0.2, 0.25) is 0 Å². The highest BCUT2D eigenvalue weighted by molar-refractivity contribution is 5.80. The van der Waals surface area contributed by atoms with Gasteiger partial charge in [0.25, 0.3) is 0 Å². The number of pyridine rings is 1. The van der Waals surface area contributed by atoms with Gasteiger partial charge in [-0.1, -0.05) is 31.0 Å². The SMILES string of the molecule is CCCC#Cc1nc2ccccc2cc1CN(Cc1cc(C(F)(F)F)cc(C(F)(F)F)c1)C(=O)OC. The molecular weight excluding hydrogens is 486 g/mol. The van der Waals surface area contributed by atoms with Gasteiger partial charge in [-0.3, -0.25) is 4.90 Å². The molecule has 190 valence electrons. The van der Waals surface area contributed by atoms with E-state index in [0.29, 0.717) is 35.3 Å². The maximum Gasteiger partial charge on any atom is 0.416 e. The number of nitrogens with zero attached hydrogens (tertiary/aromatic N) is 2. The largest absolute Gasteiger partial charge is 0.453 e. The number of carbonyl (C=O) groups is 1. The molecule has 0 atom stereocenters. The number of hydrogen-bond acceptors (Lipinski definition) is 3. The van der Waals surface area contributed by atoms with Gasteiger partial charge in [0, 0.05) is 23.9 Å². The van der Waals surface area contributed by atoms with Crippen molar-refractivity contribution in [2.45, 2.75) is 45.2 Å². The van der Waals surface area contributed by atoms with Crippen molar-refractivity contribution in [2.75, 3.05) is 7.11 Å². The third-order valence-electron chi connectivity index (χ3n) is 5.20. The second-order valence-corrected chi connectivity index (χ2v) is 7.98. The summed E-state index contributed by atoms with van der Waals surface area (Å²) in [5, 5.41) is 0.733. The Labute approximate surface area is 203 Å². The number of alkyl halides is 6. The molecule has 36 heavy (non-hydrogen) atoms. The minimum absolute atomic E-state index is 0.0423. The van der Waals surface area contributed by atoms with Crippen LogP contribution >= 0.6 is 0 Å². The summed E-state index contributed by atoms with van der Waals surface area (Å²) in [6.07, 6.45) is -9.53. The van der Waals surface area contributed by atoms with Crippen LogP contribution in [-0.2, 0) is 30.2 Å². The summed E-state index contributed by atoms with van der Waals surface area (Å²) < 4.78 is 84.6. The lowest BCUT2D eigenvalue weighted by Gasteiger charge is -2.23. The van der Waals surface area contributed by atoms with Gasteiger partial charge in [0.2, 0.25) is 0 Å². The Balaban J connectivity index is 2.06. The van der Waals surface area contributed by atoms with Gasteiger partial charge in [0.05, 0.1) is 30.3 Å². The van der Waals surface area contributed by atoms with Crippen LogP contribution in [0.15, 0.2) is 48.5 Å². The average molecular weight is 508 g/mol. The molecule has 0 radical (unpaired) electrons. The van der Waals surface area contributed by atoms with E-state index in [2.05, 4.69) is 16.8 Å². The van der Waals surface area contributed by atoms with Crippen LogP contribution in [0.1, 0.15) is 47.7 Å². The number of ether oxygens (including phenoxy) is 1. The molecule has 0 unspecified atom stereocenters. The van der Waals surface area contributed by atoms with Crippen LogP contribution in [0.25, 0.3) is 10.9 Å². The Kier molecular flexibility index (Phi) is 8.13. The normalized spacial score (nSPS) is 11.7. The molecule has 0 N–H and O–H groups in total. The highest BCUT2D eigenvalue weighted by atomic mass is 19.4. The molecule has 2 aromatic carbocycles. The molecule has 0 saturated carbocycles. The van der Waals surface area contributed by atoms with Gasteiger partial charge in [-0.05, 0) is 48.2 Å². The lowest BCUT2D eigenvalue weighted by atomic mass is 10.0. The zero-order chi connectivity index (χ0) is 26.5. The maximum absolute atomic E-state index is 13.3. The number of benzene rings is 2. The highest BCUT2D eigenvalue weighted by Gasteiger charge is 2.37. The second kappa shape index (κ2) is 10.9. The Morgan fingerprint density at radius 2 is 1.61 bits per heavy atom. The molecule has 1 aromatic heterocycles. The van der Waals surface area contributed by atoms with Crippen molar-refractivity contribution in [2.24, 2.45) is 0 Å². The van der Waals surface area contributed by atoms with Crippen LogP contribution in [0, 0.1) is 11.8 Å². The molecule has 0 aliphatic heterocycles. The summed E-state index contributed by atoms with van der Waals surface area (Å²) in [6, 6.07) is 10.1. The van der Waals surface area contributed by atoms with Gasteiger partial charge in [0.15, 0.2) is 0 Å². The van der Waals surface area contributed by atoms with E-state index >= 15 is 0 Å². The standard InChI is InChI=1S/C26H22F6N2O2/c1-3-4-5-9-23-19(13-18-8-6-7-10-22(18)33-23)16-34(24(35)36-2)15-17-11-20(25(27,28)29)14-21(12-17)26(30,31)32/h6-8,10-14H,3-4,15-16H2,1-2H3. The fraction of sp³-hybridized carbons (Fsp3) is 0.308. The topological polar surface area (TPSA) is 42.4 Å². The van der Waals surface area contributed by atoms with Crippen LogP contribution in [-0.4, -0.2) is 23.1 Å². The van der Waals surface area contributed by atoms with E-state index < -0.39 is 36.1 Å². The van der Waals surface area contributed by atoms with Crippen LogP contribution < -0.4 is 0 Å². The molecule has 0 aliphatic carbocycles. The molecule has 4 nitrogen and oxygen atoms in total. The number of methoxy groups -OCH3 is 1. The first-order valence-electron chi connectivity index (χ1n) is 10.9. The summed E-state index contributed by atoms with van der Waals surface area (Å²) in [7, 11) is 1.07. The van der Waals surface area contributed by atoms with Crippen molar-refractivity contribution in [1.29, 1.82) is 0 Å². The van der Waals surface area contributed by atoms with E-state index in [1.54, 1.807) is 30.3 Å². The zero-order valence-corrected chi connectivity index (χ0v) is 19.4. The molecule has 3 rings (SSSR count). The van der Waals surface area contributed by atoms with Crippen molar-refractivity contribution in [1.82, 2.24) is 9.88 Å². The van der Waals surface area contributed by atoms with Crippen LogP contribution in [0.5, 0.6) is 0 Å². The summed E-state index contributed by atoms with van der Waals surface area (Å²) in [6.45, 7) is 1.19. The van der Waals surface area contributed by atoms with Crippen molar-refractivity contribution in [3.05, 3.63) is 76.5 Å². The molecular formula is C26H22F6N2O2. The number of halogens is 6. The van der Waals surface area contributed by atoms with Crippen LogP contribution in [0.4, 0.5) is 31.1 Å². The first kappa shape index (κ1) is 26.9. The monoisotopic (exact) mass is 508 g/mol. The van der Waals surface area contributed by atoms with Crippen LogP contribution in [0.3, 0.4) is 0 Å². The minimum Gasteiger partial charge on any atom is -0.453 e. The number of aromatic nitrogens is 1. The molecule has 0 bridgehead atoms. The number of fused-ring (bicyclic) bond motifs is 1. The van der Waals surface area contributed by atoms with Gasteiger partial charge >= 0.3 is 18.4 Å². The number of amides is 1. The first-order valence-corrected chi connectivity index (χ1v) is 10.9.